The van der Waals surface area contributed by atoms with Crippen molar-refractivity contribution in [3.05, 3.63) is 18.2 Å². The third-order valence-electron chi connectivity index (χ3n) is 3.84. The maximum absolute atomic E-state index is 5.02. The first kappa shape index (κ1) is 13.6. The first-order valence-electron chi connectivity index (χ1n) is 7.09. The highest BCUT2D eigenvalue weighted by Crippen LogP contribution is 2.27. The molecule has 2 rings (SSSR count). The van der Waals surface area contributed by atoms with Crippen LogP contribution in [0.3, 0.4) is 0 Å². The van der Waals surface area contributed by atoms with Gasteiger partial charge in [-0.05, 0) is 12.3 Å². The van der Waals surface area contributed by atoms with Gasteiger partial charge in [0.15, 0.2) is 0 Å². The number of rotatable bonds is 8. The minimum atomic E-state index is 0.760. The molecule has 1 aromatic rings. The van der Waals surface area contributed by atoms with Gasteiger partial charge in [0, 0.05) is 32.9 Å². The molecule has 1 aliphatic carbocycles. The number of methoxy groups -OCH3 is 1. The van der Waals surface area contributed by atoms with Gasteiger partial charge in [0.05, 0.1) is 18.6 Å². The third-order valence-corrected chi connectivity index (χ3v) is 3.84. The number of ether oxygens (including phenoxy) is 1. The Morgan fingerprint density at radius 1 is 1.44 bits per heavy atom. The fourth-order valence-electron chi connectivity index (χ4n) is 2.71. The molecule has 1 aromatic heterocycles. The van der Waals surface area contributed by atoms with Crippen LogP contribution >= 0.6 is 0 Å². The van der Waals surface area contributed by atoms with E-state index < -0.39 is 0 Å². The lowest BCUT2D eigenvalue weighted by atomic mass is 10.0. The van der Waals surface area contributed by atoms with E-state index in [-0.39, 0.29) is 0 Å². The number of aryl methyl sites for hydroxylation is 1. The van der Waals surface area contributed by atoms with Crippen LogP contribution in [0.15, 0.2) is 12.5 Å². The Morgan fingerprint density at radius 2 is 2.28 bits per heavy atom. The van der Waals surface area contributed by atoms with Crippen LogP contribution in [0, 0.1) is 5.92 Å². The molecule has 1 aliphatic rings. The van der Waals surface area contributed by atoms with Gasteiger partial charge in [-0.3, -0.25) is 0 Å². The summed E-state index contributed by atoms with van der Waals surface area (Å²) in [6, 6.07) is 0. The Morgan fingerprint density at radius 3 is 3.06 bits per heavy atom. The molecule has 0 spiro atoms. The summed E-state index contributed by atoms with van der Waals surface area (Å²) >= 11 is 0. The van der Waals surface area contributed by atoms with Crippen molar-refractivity contribution >= 4 is 0 Å². The second-order valence-electron chi connectivity index (χ2n) is 5.19. The number of aromatic nitrogens is 2. The highest BCUT2D eigenvalue weighted by Gasteiger charge is 2.15. The van der Waals surface area contributed by atoms with Gasteiger partial charge in [-0.25, -0.2) is 4.98 Å². The number of nitrogens with zero attached hydrogens (tertiary/aromatic N) is 2. The zero-order chi connectivity index (χ0) is 12.6. The normalized spacial score (nSPS) is 16.5. The predicted octanol–water partition coefficient (Wildman–Crippen LogP) is 2.20. The molecule has 0 radical (unpaired) electrons. The SMILES string of the molecule is COCCNCc1cncn1CCC1CCCC1. The second kappa shape index (κ2) is 7.54. The number of nitrogens with one attached hydrogen (secondary N) is 1. The van der Waals surface area contributed by atoms with Crippen molar-refractivity contribution in [2.45, 2.75) is 45.2 Å². The monoisotopic (exact) mass is 251 g/mol. The van der Waals surface area contributed by atoms with E-state index >= 15 is 0 Å². The van der Waals surface area contributed by atoms with E-state index in [4.69, 9.17) is 4.74 Å². The van der Waals surface area contributed by atoms with Crippen LogP contribution < -0.4 is 5.32 Å². The van der Waals surface area contributed by atoms with E-state index in [9.17, 15) is 0 Å². The molecule has 1 heterocycles. The third kappa shape index (κ3) is 4.10. The lowest BCUT2D eigenvalue weighted by Crippen LogP contribution is -2.20. The summed E-state index contributed by atoms with van der Waals surface area (Å²) < 4.78 is 7.31. The van der Waals surface area contributed by atoms with Crippen molar-refractivity contribution in [1.82, 2.24) is 14.9 Å². The molecule has 0 aliphatic heterocycles. The lowest BCUT2D eigenvalue weighted by Gasteiger charge is -2.12. The molecule has 0 aromatic carbocycles. The van der Waals surface area contributed by atoms with Crippen LogP contribution in [0.25, 0.3) is 0 Å². The van der Waals surface area contributed by atoms with Gasteiger partial charge in [0.2, 0.25) is 0 Å². The number of hydrogen-bond acceptors (Lipinski definition) is 3. The van der Waals surface area contributed by atoms with Crippen LogP contribution in [0.5, 0.6) is 0 Å². The van der Waals surface area contributed by atoms with Crippen LogP contribution in [-0.4, -0.2) is 29.8 Å². The Hall–Kier alpha value is -0.870. The highest BCUT2D eigenvalue weighted by molar-refractivity contribution is 4.97. The molecule has 1 fully saturated rings. The van der Waals surface area contributed by atoms with E-state index in [0.29, 0.717) is 0 Å². The van der Waals surface area contributed by atoms with Gasteiger partial charge >= 0.3 is 0 Å². The van der Waals surface area contributed by atoms with Gasteiger partial charge in [0.1, 0.15) is 0 Å². The smallest absolute Gasteiger partial charge is 0.0948 e. The van der Waals surface area contributed by atoms with Gasteiger partial charge in [-0.2, -0.15) is 0 Å². The van der Waals surface area contributed by atoms with Crippen molar-refractivity contribution in [2.24, 2.45) is 5.92 Å². The van der Waals surface area contributed by atoms with Gasteiger partial charge in [-0.15, -0.1) is 0 Å². The predicted molar refractivity (Wildman–Crippen MR) is 72.4 cm³/mol. The first-order valence-corrected chi connectivity index (χ1v) is 7.09. The van der Waals surface area contributed by atoms with E-state index in [1.54, 1.807) is 7.11 Å². The number of hydrogen-bond donors (Lipinski definition) is 1. The van der Waals surface area contributed by atoms with Gasteiger partial charge in [0.25, 0.3) is 0 Å². The fourth-order valence-corrected chi connectivity index (χ4v) is 2.71. The first-order chi connectivity index (χ1) is 8.90. The van der Waals surface area contributed by atoms with Crippen molar-refractivity contribution in [1.29, 1.82) is 0 Å². The Balaban J connectivity index is 1.72. The summed E-state index contributed by atoms with van der Waals surface area (Å²) in [5.74, 6) is 0.946. The quantitative estimate of drug-likeness (QED) is 0.720. The second-order valence-corrected chi connectivity index (χ2v) is 5.19. The molecular weight excluding hydrogens is 226 g/mol. The summed E-state index contributed by atoms with van der Waals surface area (Å²) in [6.45, 7) is 3.65. The summed E-state index contributed by atoms with van der Waals surface area (Å²) in [4.78, 5) is 4.26. The molecule has 0 atom stereocenters. The maximum Gasteiger partial charge on any atom is 0.0948 e. The van der Waals surface area contributed by atoms with Crippen LogP contribution in [0.2, 0.25) is 0 Å². The van der Waals surface area contributed by atoms with Crippen LogP contribution in [-0.2, 0) is 17.8 Å². The van der Waals surface area contributed by atoms with Crippen LogP contribution in [0.4, 0.5) is 0 Å². The minimum absolute atomic E-state index is 0.760. The zero-order valence-corrected chi connectivity index (χ0v) is 11.4. The average Bonchev–Trinajstić information content (AvgIpc) is 3.03. The van der Waals surface area contributed by atoms with E-state index in [2.05, 4.69) is 14.9 Å². The topological polar surface area (TPSA) is 39.1 Å². The minimum Gasteiger partial charge on any atom is -0.383 e. The van der Waals surface area contributed by atoms with E-state index in [1.165, 1.54) is 37.8 Å². The van der Waals surface area contributed by atoms with E-state index in [1.807, 2.05) is 12.5 Å². The summed E-state index contributed by atoms with van der Waals surface area (Å²) in [6.07, 6.45) is 10.9. The van der Waals surface area contributed by atoms with Crippen LogP contribution in [0.1, 0.15) is 37.8 Å². The Labute approximate surface area is 110 Å². The molecule has 1 saturated carbocycles. The average molecular weight is 251 g/mol. The fraction of sp³-hybridized carbons (Fsp3) is 0.786. The zero-order valence-electron chi connectivity index (χ0n) is 11.4. The molecule has 0 saturated heterocycles. The maximum atomic E-state index is 5.02. The van der Waals surface area contributed by atoms with Gasteiger partial charge < -0.3 is 14.6 Å². The summed E-state index contributed by atoms with van der Waals surface area (Å²) in [5, 5.41) is 3.37. The standard InChI is InChI=1S/C14H25N3O/c1-18-9-7-15-10-14-11-16-12-17(14)8-6-13-4-2-3-5-13/h11-13,15H,2-10H2,1H3. The van der Waals surface area contributed by atoms with E-state index in [0.717, 1.165) is 32.2 Å². The van der Waals surface area contributed by atoms with Crippen molar-refractivity contribution in [2.75, 3.05) is 20.3 Å². The molecule has 4 heteroatoms. The molecule has 1 N–H and O–H groups in total. The highest BCUT2D eigenvalue weighted by atomic mass is 16.5. The molecule has 0 bridgehead atoms. The molecule has 18 heavy (non-hydrogen) atoms. The molecule has 102 valence electrons. The Kier molecular flexibility index (Phi) is 5.68. The summed E-state index contributed by atoms with van der Waals surface area (Å²) in [5.41, 5.74) is 1.28. The largest absolute Gasteiger partial charge is 0.383 e. The Bertz CT molecular complexity index is 332. The molecule has 4 nitrogen and oxygen atoms in total. The van der Waals surface area contributed by atoms with Crippen molar-refractivity contribution in [3.63, 3.8) is 0 Å². The van der Waals surface area contributed by atoms with Crippen molar-refractivity contribution < 1.29 is 4.74 Å². The molecule has 0 amide bonds. The lowest BCUT2D eigenvalue weighted by molar-refractivity contribution is 0.199. The number of imidazole rings is 1. The van der Waals surface area contributed by atoms with Crippen molar-refractivity contribution in [3.8, 4) is 0 Å². The molecular formula is C14H25N3O. The molecule has 0 unspecified atom stereocenters. The summed E-state index contributed by atoms with van der Waals surface area (Å²) in [7, 11) is 1.73. The van der Waals surface area contributed by atoms with Gasteiger partial charge in [-0.1, -0.05) is 25.7 Å².